The van der Waals surface area contributed by atoms with Gasteiger partial charge in [-0.25, -0.2) is 0 Å². The van der Waals surface area contributed by atoms with Crippen LogP contribution in [-0.2, 0) is 16.8 Å². The fourth-order valence-electron chi connectivity index (χ4n) is 2.38. The third kappa shape index (κ3) is 3.27. The van der Waals surface area contributed by atoms with E-state index in [-0.39, 0.29) is 5.91 Å². The summed E-state index contributed by atoms with van der Waals surface area (Å²) in [5, 5.41) is 0. The van der Waals surface area contributed by atoms with E-state index in [9.17, 15) is 4.79 Å². The summed E-state index contributed by atoms with van der Waals surface area (Å²) in [6, 6.07) is 11.2. The minimum atomic E-state index is -0.607. The molecular weight excluding hydrogens is 264 g/mol. The van der Waals surface area contributed by atoms with E-state index >= 15 is 0 Å². The predicted octanol–water partition coefficient (Wildman–Crippen LogP) is 3.11. The number of aryl methyl sites for hydroxylation is 1. The minimum Gasteiger partial charge on any atom is -0.464 e. The van der Waals surface area contributed by atoms with Gasteiger partial charge in [0.2, 0.25) is 5.91 Å². The van der Waals surface area contributed by atoms with Crippen LogP contribution >= 0.6 is 0 Å². The lowest BCUT2D eigenvalue weighted by atomic mass is 9.83. The van der Waals surface area contributed by atoms with Gasteiger partial charge in [0.1, 0.15) is 11.5 Å². The molecule has 0 aliphatic rings. The van der Waals surface area contributed by atoms with Crippen molar-refractivity contribution in [1.29, 1.82) is 0 Å². The third-order valence-electron chi connectivity index (χ3n) is 3.70. The Balaban J connectivity index is 2.15. The van der Waals surface area contributed by atoms with E-state index in [1.807, 2.05) is 57.2 Å². The average Bonchev–Trinajstić information content (AvgIpc) is 2.83. The van der Waals surface area contributed by atoms with E-state index < -0.39 is 5.41 Å². The van der Waals surface area contributed by atoms with E-state index in [0.717, 1.165) is 17.1 Å². The third-order valence-corrected chi connectivity index (χ3v) is 3.70. The number of nitrogens with zero attached hydrogens (tertiary/aromatic N) is 1. The lowest BCUT2D eigenvalue weighted by Crippen LogP contribution is -2.40. The highest BCUT2D eigenvalue weighted by Gasteiger charge is 2.32. The zero-order chi connectivity index (χ0) is 15.6. The molecule has 21 heavy (non-hydrogen) atoms. The molecule has 0 atom stereocenters. The Morgan fingerprint density at radius 3 is 2.33 bits per heavy atom. The van der Waals surface area contributed by atoms with Crippen LogP contribution in [0.4, 0.5) is 5.69 Å². The highest BCUT2D eigenvalue weighted by molar-refractivity contribution is 5.87. The molecule has 0 aliphatic heterocycles. The normalized spacial score (nSPS) is 11.4. The molecule has 2 N–H and O–H groups in total. The first-order valence-electron chi connectivity index (χ1n) is 6.97. The van der Waals surface area contributed by atoms with Crippen molar-refractivity contribution >= 4 is 11.6 Å². The van der Waals surface area contributed by atoms with Gasteiger partial charge in [-0.1, -0.05) is 12.1 Å². The number of rotatable bonds is 4. The van der Waals surface area contributed by atoms with Gasteiger partial charge in [-0.05, 0) is 50.6 Å². The van der Waals surface area contributed by atoms with E-state index in [4.69, 9.17) is 10.2 Å². The Labute approximate surface area is 125 Å². The molecular formula is C17H22N2O2. The van der Waals surface area contributed by atoms with Gasteiger partial charge >= 0.3 is 0 Å². The Morgan fingerprint density at radius 1 is 1.19 bits per heavy atom. The van der Waals surface area contributed by atoms with Crippen LogP contribution in [-0.4, -0.2) is 17.9 Å². The largest absolute Gasteiger partial charge is 0.464 e. The Kier molecular flexibility index (Phi) is 4.07. The fraction of sp³-hybridized carbons (Fsp3) is 0.353. The second-order valence-corrected chi connectivity index (χ2v) is 5.92. The molecule has 112 valence electrons. The van der Waals surface area contributed by atoms with Gasteiger partial charge in [-0.2, -0.15) is 0 Å². The number of nitrogen functional groups attached to an aromatic ring is 1. The van der Waals surface area contributed by atoms with E-state index in [1.54, 1.807) is 11.9 Å². The number of likely N-dealkylation sites (N-methyl/N-ethyl adjacent to an activating group) is 1. The van der Waals surface area contributed by atoms with Crippen molar-refractivity contribution in [3.63, 3.8) is 0 Å². The molecule has 0 aliphatic carbocycles. The monoisotopic (exact) mass is 286 g/mol. The summed E-state index contributed by atoms with van der Waals surface area (Å²) in [5.74, 6) is 1.68. The Morgan fingerprint density at radius 2 is 1.81 bits per heavy atom. The lowest BCUT2D eigenvalue weighted by molar-refractivity contribution is -0.135. The minimum absolute atomic E-state index is 0.0429. The number of hydrogen-bond donors (Lipinski definition) is 1. The summed E-state index contributed by atoms with van der Waals surface area (Å²) in [4.78, 5) is 14.4. The Bertz CT molecular complexity index is 626. The molecule has 0 spiro atoms. The van der Waals surface area contributed by atoms with Crippen LogP contribution < -0.4 is 5.73 Å². The molecule has 1 heterocycles. The molecule has 4 nitrogen and oxygen atoms in total. The highest BCUT2D eigenvalue weighted by atomic mass is 16.3. The number of amides is 1. The quantitative estimate of drug-likeness (QED) is 0.879. The van der Waals surface area contributed by atoms with Crippen LogP contribution in [0.5, 0.6) is 0 Å². The average molecular weight is 286 g/mol. The molecule has 1 aromatic carbocycles. The molecule has 1 amide bonds. The first kappa shape index (κ1) is 15.2. The topological polar surface area (TPSA) is 59.5 Å². The molecule has 1 aromatic heterocycles. The summed E-state index contributed by atoms with van der Waals surface area (Å²) >= 11 is 0. The maximum Gasteiger partial charge on any atom is 0.232 e. The standard InChI is InChI=1S/C17H22N2O2/c1-12-5-10-15(21-12)11-19(4)16(20)17(2,3)13-6-8-14(18)9-7-13/h5-10H,11,18H2,1-4H3. The van der Waals surface area contributed by atoms with Crippen molar-refractivity contribution in [2.24, 2.45) is 0 Å². The number of anilines is 1. The SMILES string of the molecule is Cc1ccc(CN(C)C(=O)C(C)(C)c2ccc(N)cc2)o1. The van der Waals surface area contributed by atoms with Gasteiger partial charge in [-0.3, -0.25) is 4.79 Å². The second kappa shape index (κ2) is 5.64. The number of carbonyl (C=O) groups excluding carboxylic acids is 1. The van der Waals surface area contributed by atoms with Crippen LogP contribution in [0, 0.1) is 6.92 Å². The van der Waals surface area contributed by atoms with Crippen molar-refractivity contribution in [3.8, 4) is 0 Å². The van der Waals surface area contributed by atoms with Gasteiger partial charge < -0.3 is 15.1 Å². The van der Waals surface area contributed by atoms with Crippen molar-refractivity contribution in [1.82, 2.24) is 4.90 Å². The van der Waals surface area contributed by atoms with Crippen molar-refractivity contribution in [3.05, 3.63) is 53.5 Å². The first-order valence-corrected chi connectivity index (χ1v) is 6.97. The van der Waals surface area contributed by atoms with Gasteiger partial charge in [-0.15, -0.1) is 0 Å². The van der Waals surface area contributed by atoms with Gasteiger partial charge in [0.25, 0.3) is 0 Å². The predicted molar refractivity (Wildman–Crippen MR) is 83.8 cm³/mol. The van der Waals surface area contributed by atoms with Crippen LogP contribution in [0.25, 0.3) is 0 Å². The summed E-state index contributed by atoms with van der Waals surface area (Å²) < 4.78 is 5.53. The number of carbonyl (C=O) groups is 1. The molecule has 0 unspecified atom stereocenters. The molecule has 2 aromatic rings. The highest BCUT2D eigenvalue weighted by Crippen LogP contribution is 2.26. The maximum atomic E-state index is 12.7. The number of nitrogens with two attached hydrogens (primary N) is 1. The number of hydrogen-bond acceptors (Lipinski definition) is 3. The molecule has 0 bridgehead atoms. The van der Waals surface area contributed by atoms with Gasteiger partial charge in [0.05, 0.1) is 12.0 Å². The molecule has 4 heteroatoms. The van der Waals surface area contributed by atoms with E-state index in [2.05, 4.69) is 0 Å². The smallest absolute Gasteiger partial charge is 0.232 e. The van der Waals surface area contributed by atoms with Crippen LogP contribution in [0.1, 0.15) is 30.9 Å². The zero-order valence-electron chi connectivity index (χ0n) is 13.0. The summed E-state index contributed by atoms with van der Waals surface area (Å²) in [7, 11) is 1.79. The number of benzene rings is 1. The van der Waals surface area contributed by atoms with Crippen LogP contribution in [0.2, 0.25) is 0 Å². The zero-order valence-corrected chi connectivity index (χ0v) is 13.0. The van der Waals surface area contributed by atoms with Gasteiger partial charge in [0.15, 0.2) is 0 Å². The fourth-order valence-corrected chi connectivity index (χ4v) is 2.38. The Hall–Kier alpha value is -2.23. The summed E-state index contributed by atoms with van der Waals surface area (Å²) in [6.07, 6.45) is 0. The molecule has 0 fully saturated rings. The molecule has 0 saturated heterocycles. The van der Waals surface area contributed by atoms with Crippen LogP contribution in [0.15, 0.2) is 40.8 Å². The summed E-state index contributed by atoms with van der Waals surface area (Å²) in [6.45, 7) is 6.20. The van der Waals surface area contributed by atoms with E-state index in [1.165, 1.54) is 0 Å². The first-order chi connectivity index (χ1) is 9.80. The maximum absolute atomic E-state index is 12.7. The van der Waals surface area contributed by atoms with Crippen molar-refractivity contribution < 1.29 is 9.21 Å². The molecule has 0 radical (unpaired) electrons. The van der Waals surface area contributed by atoms with Crippen LogP contribution in [0.3, 0.4) is 0 Å². The molecule has 2 rings (SSSR count). The summed E-state index contributed by atoms with van der Waals surface area (Å²) in [5.41, 5.74) is 6.74. The van der Waals surface area contributed by atoms with Crippen molar-refractivity contribution in [2.75, 3.05) is 12.8 Å². The molecule has 0 saturated carbocycles. The van der Waals surface area contributed by atoms with E-state index in [0.29, 0.717) is 12.2 Å². The van der Waals surface area contributed by atoms with Crippen molar-refractivity contribution in [2.45, 2.75) is 32.7 Å². The lowest BCUT2D eigenvalue weighted by Gasteiger charge is -2.29. The number of furan rings is 1. The second-order valence-electron chi connectivity index (χ2n) is 5.92. The van der Waals surface area contributed by atoms with Gasteiger partial charge in [0, 0.05) is 12.7 Å².